The van der Waals surface area contributed by atoms with Gasteiger partial charge in [0.1, 0.15) is 5.82 Å². The Labute approximate surface area is 162 Å². The standard InChI is InChI=1S/C23H19FN2S/c1-27-21-13-9-19(10-14-21)23-22(18-7-11-20(24)12-8-18)15-25-26(23)16-17-5-3-2-4-6-17/h2-15H,16H2,1H3. The highest BCUT2D eigenvalue weighted by molar-refractivity contribution is 7.98. The van der Waals surface area contributed by atoms with Crippen molar-refractivity contribution in [1.29, 1.82) is 0 Å². The molecule has 0 amide bonds. The molecule has 0 fully saturated rings. The van der Waals surface area contributed by atoms with Crippen molar-refractivity contribution in [2.24, 2.45) is 0 Å². The summed E-state index contributed by atoms with van der Waals surface area (Å²) >= 11 is 1.72. The van der Waals surface area contributed by atoms with Crippen molar-refractivity contribution in [3.63, 3.8) is 0 Å². The third kappa shape index (κ3) is 3.81. The first-order chi connectivity index (χ1) is 13.2. The average Bonchev–Trinajstić information content (AvgIpc) is 3.13. The summed E-state index contributed by atoms with van der Waals surface area (Å²) in [5, 5.41) is 4.65. The third-order valence-corrected chi connectivity index (χ3v) is 5.28. The van der Waals surface area contributed by atoms with Crippen molar-refractivity contribution in [2.45, 2.75) is 11.4 Å². The van der Waals surface area contributed by atoms with E-state index in [-0.39, 0.29) is 5.82 Å². The van der Waals surface area contributed by atoms with Crippen LogP contribution in [0.4, 0.5) is 4.39 Å². The summed E-state index contributed by atoms with van der Waals surface area (Å²) in [5.41, 5.74) is 5.29. The highest BCUT2D eigenvalue weighted by atomic mass is 32.2. The third-order valence-electron chi connectivity index (χ3n) is 4.53. The summed E-state index contributed by atoms with van der Waals surface area (Å²) < 4.78 is 15.4. The van der Waals surface area contributed by atoms with Gasteiger partial charge in [0, 0.05) is 16.0 Å². The molecule has 0 aliphatic carbocycles. The highest BCUT2D eigenvalue weighted by Crippen LogP contribution is 2.33. The van der Waals surface area contributed by atoms with Crippen LogP contribution in [-0.4, -0.2) is 16.0 Å². The largest absolute Gasteiger partial charge is 0.260 e. The lowest BCUT2D eigenvalue weighted by Crippen LogP contribution is -2.04. The van der Waals surface area contributed by atoms with Gasteiger partial charge in [0.15, 0.2) is 0 Å². The molecule has 0 unspecified atom stereocenters. The van der Waals surface area contributed by atoms with Crippen molar-refractivity contribution in [3.05, 3.63) is 96.4 Å². The molecule has 0 spiro atoms. The van der Waals surface area contributed by atoms with Gasteiger partial charge < -0.3 is 0 Å². The fourth-order valence-corrected chi connectivity index (χ4v) is 3.56. The van der Waals surface area contributed by atoms with Gasteiger partial charge in [-0.1, -0.05) is 54.6 Å². The second kappa shape index (κ2) is 7.80. The topological polar surface area (TPSA) is 17.8 Å². The van der Waals surface area contributed by atoms with Gasteiger partial charge >= 0.3 is 0 Å². The quantitative estimate of drug-likeness (QED) is 0.391. The van der Waals surface area contributed by atoms with E-state index < -0.39 is 0 Å². The normalized spacial score (nSPS) is 10.9. The van der Waals surface area contributed by atoms with Crippen LogP contribution in [0.5, 0.6) is 0 Å². The van der Waals surface area contributed by atoms with E-state index in [0.29, 0.717) is 6.54 Å². The van der Waals surface area contributed by atoms with Gasteiger partial charge in [-0.05, 0) is 41.6 Å². The molecule has 4 rings (SSSR count). The molecule has 27 heavy (non-hydrogen) atoms. The summed E-state index contributed by atoms with van der Waals surface area (Å²) in [4.78, 5) is 1.22. The molecule has 0 bridgehead atoms. The van der Waals surface area contributed by atoms with E-state index in [4.69, 9.17) is 0 Å². The molecule has 1 heterocycles. The molecule has 0 saturated heterocycles. The molecule has 0 aliphatic rings. The fraction of sp³-hybridized carbons (Fsp3) is 0.0870. The molecule has 2 nitrogen and oxygen atoms in total. The minimum Gasteiger partial charge on any atom is -0.260 e. The predicted octanol–water partition coefficient (Wildman–Crippen LogP) is 6.13. The average molecular weight is 374 g/mol. The lowest BCUT2D eigenvalue weighted by atomic mass is 10.0. The monoisotopic (exact) mass is 374 g/mol. The van der Waals surface area contributed by atoms with E-state index in [1.807, 2.05) is 29.1 Å². The SMILES string of the molecule is CSc1ccc(-c2c(-c3ccc(F)cc3)cnn2Cc2ccccc2)cc1. The van der Waals surface area contributed by atoms with Gasteiger partial charge in [0.25, 0.3) is 0 Å². The van der Waals surface area contributed by atoms with Crippen LogP contribution in [0.1, 0.15) is 5.56 Å². The van der Waals surface area contributed by atoms with Crippen LogP contribution in [0, 0.1) is 5.82 Å². The Hall–Kier alpha value is -2.85. The van der Waals surface area contributed by atoms with Crippen LogP contribution >= 0.6 is 11.8 Å². The molecular formula is C23H19FN2S. The lowest BCUT2D eigenvalue weighted by molar-refractivity contribution is 0.628. The smallest absolute Gasteiger partial charge is 0.123 e. The second-order valence-electron chi connectivity index (χ2n) is 6.29. The van der Waals surface area contributed by atoms with E-state index in [1.54, 1.807) is 23.9 Å². The number of aromatic nitrogens is 2. The number of benzene rings is 3. The van der Waals surface area contributed by atoms with Crippen LogP contribution in [0.2, 0.25) is 0 Å². The van der Waals surface area contributed by atoms with Crippen LogP contribution in [0.25, 0.3) is 22.4 Å². The molecule has 1 aromatic heterocycles. The molecule has 0 atom stereocenters. The number of halogens is 1. The predicted molar refractivity (Wildman–Crippen MR) is 110 cm³/mol. The van der Waals surface area contributed by atoms with Crippen molar-refractivity contribution in [1.82, 2.24) is 9.78 Å². The van der Waals surface area contributed by atoms with Gasteiger partial charge in [-0.2, -0.15) is 5.10 Å². The maximum atomic E-state index is 13.4. The van der Waals surface area contributed by atoms with Crippen molar-refractivity contribution >= 4 is 11.8 Å². The van der Waals surface area contributed by atoms with E-state index in [9.17, 15) is 4.39 Å². The van der Waals surface area contributed by atoms with Crippen LogP contribution in [0.15, 0.2) is 90.0 Å². The second-order valence-corrected chi connectivity index (χ2v) is 7.17. The molecular weight excluding hydrogens is 355 g/mol. The Morgan fingerprint density at radius 2 is 1.52 bits per heavy atom. The van der Waals surface area contributed by atoms with Crippen molar-refractivity contribution in [3.8, 4) is 22.4 Å². The molecule has 0 saturated carbocycles. The molecule has 3 aromatic carbocycles. The number of thioether (sulfide) groups is 1. The first-order valence-electron chi connectivity index (χ1n) is 8.75. The lowest BCUT2D eigenvalue weighted by Gasteiger charge is -2.11. The zero-order valence-electron chi connectivity index (χ0n) is 15.0. The van der Waals surface area contributed by atoms with Crippen molar-refractivity contribution in [2.75, 3.05) is 6.26 Å². The van der Waals surface area contributed by atoms with Crippen LogP contribution in [0.3, 0.4) is 0 Å². The maximum absolute atomic E-state index is 13.4. The van der Waals surface area contributed by atoms with E-state index in [1.165, 1.54) is 22.6 Å². The Bertz CT molecular complexity index is 1020. The first kappa shape index (κ1) is 17.6. The van der Waals surface area contributed by atoms with Gasteiger partial charge in [0.2, 0.25) is 0 Å². The molecule has 134 valence electrons. The first-order valence-corrected chi connectivity index (χ1v) is 9.97. The summed E-state index contributed by atoms with van der Waals surface area (Å²) in [6.45, 7) is 0.682. The summed E-state index contributed by atoms with van der Waals surface area (Å²) in [7, 11) is 0. The maximum Gasteiger partial charge on any atom is 0.123 e. The van der Waals surface area contributed by atoms with Crippen LogP contribution < -0.4 is 0 Å². The minimum atomic E-state index is -0.235. The number of hydrogen-bond acceptors (Lipinski definition) is 2. The molecule has 4 aromatic rings. The Balaban J connectivity index is 1.82. The van der Waals surface area contributed by atoms with Crippen molar-refractivity contribution < 1.29 is 4.39 Å². The fourth-order valence-electron chi connectivity index (χ4n) is 3.16. The number of hydrogen-bond donors (Lipinski definition) is 0. The van der Waals surface area contributed by atoms with Gasteiger partial charge in [-0.15, -0.1) is 11.8 Å². The molecule has 4 heteroatoms. The Morgan fingerprint density at radius 3 is 2.19 bits per heavy atom. The van der Waals surface area contributed by atoms with E-state index >= 15 is 0 Å². The van der Waals surface area contributed by atoms with Gasteiger partial charge in [0.05, 0.1) is 18.4 Å². The number of nitrogens with zero attached hydrogens (tertiary/aromatic N) is 2. The summed E-state index contributed by atoms with van der Waals surface area (Å²) in [6, 6.07) is 25.3. The minimum absolute atomic E-state index is 0.235. The Kier molecular flexibility index (Phi) is 5.07. The highest BCUT2D eigenvalue weighted by Gasteiger charge is 2.15. The van der Waals surface area contributed by atoms with Gasteiger partial charge in [-0.3, -0.25) is 4.68 Å². The zero-order valence-corrected chi connectivity index (χ0v) is 15.8. The van der Waals surface area contributed by atoms with Crippen LogP contribution in [-0.2, 0) is 6.54 Å². The number of rotatable bonds is 5. The zero-order chi connectivity index (χ0) is 18.6. The Morgan fingerprint density at radius 1 is 0.852 bits per heavy atom. The molecule has 0 aliphatic heterocycles. The molecule has 0 radical (unpaired) electrons. The van der Waals surface area contributed by atoms with E-state index in [2.05, 4.69) is 47.8 Å². The molecule has 0 N–H and O–H groups in total. The van der Waals surface area contributed by atoms with E-state index in [0.717, 1.165) is 22.4 Å². The summed E-state index contributed by atoms with van der Waals surface area (Å²) in [5.74, 6) is -0.235. The van der Waals surface area contributed by atoms with Gasteiger partial charge in [-0.25, -0.2) is 4.39 Å². The summed E-state index contributed by atoms with van der Waals surface area (Å²) in [6.07, 6.45) is 3.94.